The van der Waals surface area contributed by atoms with Gasteiger partial charge in [0, 0.05) is 41.2 Å². The summed E-state index contributed by atoms with van der Waals surface area (Å²) in [6.45, 7) is 6.07. The van der Waals surface area contributed by atoms with Gasteiger partial charge in [0.2, 0.25) is 5.55 Å². The first-order valence-corrected chi connectivity index (χ1v) is 12.7. The molecular formula is C29H26FN3O2S. The van der Waals surface area contributed by atoms with Gasteiger partial charge in [-0.25, -0.2) is 14.4 Å². The van der Waals surface area contributed by atoms with Crippen molar-refractivity contribution in [2.45, 2.75) is 13.8 Å². The van der Waals surface area contributed by atoms with E-state index in [0.29, 0.717) is 11.2 Å². The number of halogens is 1. The molecular weight excluding hydrogens is 473 g/mol. The first-order chi connectivity index (χ1) is 17.6. The van der Waals surface area contributed by atoms with Crippen molar-refractivity contribution in [3.63, 3.8) is 0 Å². The summed E-state index contributed by atoms with van der Waals surface area (Å²) < 4.78 is 25.1. The summed E-state index contributed by atoms with van der Waals surface area (Å²) >= 11 is 1.53. The number of hydrogen-bond acceptors (Lipinski definition) is 6. The van der Waals surface area contributed by atoms with Crippen molar-refractivity contribution in [2.24, 2.45) is 4.99 Å². The summed E-state index contributed by atoms with van der Waals surface area (Å²) in [4.78, 5) is 11.9. The Morgan fingerprint density at radius 1 is 0.972 bits per heavy atom. The highest BCUT2D eigenvalue weighted by Gasteiger charge is 2.14. The minimum atomic E-state index is -0.308. The average molecular weight is 500 g/mol. The van der Waals surface area contributed by atoms with E-state index in [4.69, 9.17) is 19.1 Å². The number of fused-ring (bicyclic) bond motifs is 1. The maximum Gasteiger partial charge on any atom is 0.230 e. The van der Waals surface area contributed by atoms with E-state index in [0.717, 1.165) is 57.3 Å². The summed E-state index contributed by atoms with van der Waals surface area (Å²) in [6.07, 6.45) is 0. The number of nitrogens with zero attached hydrogens (tertiary/aromatic N) is 3. The number of ether oxygens (including phenoxy) is 1. The quantitative estimate of drug-likeness (QED) is 0.233. The van der Waals surface area contributed by atoms with Crippen LogP contribution in [0.2, 0.25) is 0 Å². The Bertz CT molecular complexity index is 1550. The molecule has 182 valence electrons. The molecule has 5 nitrogen and oxygen atoms in total. The van der Waals surface area contributed by atoms with Crippen molar-refractivity contribution < 1.29 is 13.5 Å². The zero-order valence-electron chi connectivity index (χ0n) is 20.4. The van der Waals surface area contributed by atoms with Crippen LogP contribution in [0.3, 0.4) is 0 Å². The number of rotatable bonds is 7. The fourth-order valence-electron chi connectivity index (χ4n) is 4.05. The van der Waals surface area contributed by atoms with Gasteiger partial charge in [0.15, 0.2) is 0 Å². The molecule has 5 aromatic rings. The van der Waals surface area contributed by atoms with Crippen molar-refractivity contribution in [1.29, 1.82) is 0 Å². The molecule has 0 spiro atoms. The van der Waals surface area contributed by atoms with Gasteiger partial charge in [-0.2, -0.15) is 0 Å². The number of hydrogen-bond donors (Lipinski definition) is 0. The van der Waals surface area contributed by atoms with Crippen LogP contribution in [-0.4, -0.2) is 25.2 Å². The predicted octanol–water partition coefficient (Wildman–Crippen LogP) is 7.45. The molecule has 0 unspecified atom stereocenters. The minimum absolute atomic E-state index is 0.308. The SMILES string of the molecule is CCN(CC)c1ccc2cc(-c3nc(-c4ccc(OC)cc4)cs3)c(=Nc3ccc(F)cc3)oc2c1. The molecule has 0 saturated heterocycles. The molecule has 0 amide bonds. The van der Waals surface area contributed by atoms with Crippen LogP contribution >= 0.6 is 11.3 Å². The zero-order chi connectivity index (χ0) is 25.1. The highest BCUT2D eigenvalue weighted by atomic mass is 32.1. The monoisotopic (exact) mass is 499 g/mol. The third kappa shape index (κ3) is 4.88. The molecule has 0 N–H and O–H groups in total. The summed E-state index contributed by atoms with van der Waals surface area (Å²) in [5.41, 5.74) is 5.50. The van der Waals surface area contributed by atoms with Gasteiger partial charge in [0.25, 0.3) is 0 Å². The lowest BCUT2D eigenvalue weighted by molar-refractivity contribution is 0.415. The fourth-order valence-corrected chi connectivity index (χ4v) is 4.89. The molecule has 0 radical (unpaired) electrons. The highest BCUT2D eigenvalue weighted by molar-refractivity contribution is 7.13. The average Bonchev–Trinajstić information content (AvgIpc) is 3.40. The molecule has 5 rings (SSSR count). The molecule has 2 heterocycles. The number of anilines is 1. The van der Waals surface area contributed by atoms with Crippen molar-refractivity contribution in [2.75, 3.05) is 25.1 Å². The number of aromatic nitrogens is 1. The summed E-state index contributed by atoms with van der Waals surface area (Å²) in [5.74, 6) is 0.490. The van der Waals surface area contributed by atoms with Crippen molar-refractivity contribution in [3.05, 3.63) is 89.5 Å². The second-order valence-corrected chi connectivity index (χ2v) is 9.07. The summed E-state index contributed by atoms with van der Waals surface area (Å²) in [6, 6.07) is 22.1. The first-order valence-electron chi connectivity index (χ1n) is 11.8. The van der Waals surface area contributed by atoms with E-state index in [1.165, 1.54) is 23.5 Å². The van der Waals surface area contributed by atoms with E-state index in [1.807, 2.05) is 35.7 Å². The Morgan fingerprint density at radius 2 is 1.72 bits per heavy atom. The second kappa shape index (κ2) is 10.3. The molecule has 0 aliphatic heterocycles. The Kier molecular flexibility index (Phi) is 6.82. The van der Waals surface area contributed by atoms with Crippen LogP contribution in [0.25, 0.3) is 32.8 Å². The maximum absolute atomic E-state index is 13.5. The van der Waals surface area contributed by atoms with Gasteiger partial charge in [0.1, 0.15) is 22.2 Å². The molecule has 0 aliphatic rings. The largest absolute Gasteiger partial charge is 0.497 e. The minimum Gasteiger partial charge on any atom is -0.497 e. The van der Waals surface area contributed by atoms with Crippen molar-refractivity contribution >= 4 is 33.7 Å². The maximum atomic E-state index is 13.5. The lowest BCUT2D eigenvalue weighted by Crippen LogP contribution is -2.21. The lowest BCUT2D eigenvalue weighted by Gasteiger charge is -2.21. The Balaban J connectivity index is 1.65. The second-order valence-electron chi connectivity index (χ2n) is 8.21. The molecule has 0 aliphatic carbocycles. The predicted molar refractivity (Wildman–Crippen MR) is 144 cm³/mol. The third-order valence-electron chi connectivity index (χ3n) is 6.04. The van der Waals surface area contributed by atoms with Gasteiger partial charge < -0.3 is 14.1 Å². The van der Waals surface area contributed by atoms with E-state index in [-0.39, 0.29) is 5.82 Å². The highest BCUT2D eigenvalue weighted by Crippen LogP contribution is 2.31. The van der Waals surface area contributed by atoms with Gasteiger partial charge in [-0.1, -0.05) is 0 Å². The van der Waals surface area contributed by atoms with Crippen LogP contribution in [0.15, 0.2) is 87.6 Å². The van der Waals surface area contributed by atoms with E-state index >= 15 is 0 Å². The number of thiazole rings is 1. The van der Waals surface area contributed by atoms with Crippen LogP contribution in [0.1, 0.15) is 13.8 Å². The molecule has 0 bridgehead atoms. The topological polar surface area (TPSA) is 50.9 Å². The van der Waals surface area contributed by atoms with E-state index in [1.54, 1.807) is 19.2 Å². The standard InChI is InChI=1S/C29H26FN3O2S/c1-4-33(5-2)23-13-6-20-16-25(28(35-27(20)17-23)31-22-11-9-21(30)10-12-22)29-32-26(18-36-29)19-7-14-24(34-3)15-8-19/h6-18H,4-5H2,1-3H3. The van der Waals surface area contributed by atoms with Crippen molar-refractivity contribution in [1.82, 2.24) is 4.98 Å². The Morgan fingerprint density at radius 3 is 2.42 bits per heavy atom. The molecule has 0 saturated carbocycles. The Hall–Kier alpha value is -3.97. The van der Waals surface area contributed by atoms with Crippen LogP contribution in [0.5, 0.6) is 5.75 Å². The molecule has 7 heteroatoms. The molecule has 36 heavy (non-hydrogen) atoms. The van der Waals surface area contributed by atoms with Crippen LogP contribution in [0.4, 0.5) is 15.8 Å². The van der Waals surface area contributed by atoms with Gasteiger partial charge in [-0.3, -0.25) is 0 Å². The van der Waals surface area contributed by atoms with Gasteiger partial charge in [0.05, 0.1) is 24.1 Å². The first kappa shape index (κ1) is 23.8. The summed E-state index contributed by atoms with van der Waals surface area (Å²) in [7, 11) is 1.65. The van der Waals surface area contributed by atoms with Gasteiger partial charge in [-0.05, 0) is 80.6 Å². The van der Waals surface area contributed by atoms with Gasteiger partial charge >= 0.3 is 0 Å². The van der Waals surface area contributed by atoms with E-state index in [9.17, 15) is 4.39 Å². The molecule has 0 fully saturated rings. The van der Waals surface area contributed by atoms with E-state index in [2.05, 4.69) is 36.9 Å². The third-order valence-corrected chi connectivity index (χ3v) is 6.92. The lowest BCUT2D eigenvalue weighted by atomic mass is 10.1. The van der Waals surface area contributed by atoms with Crippen molar-refractivity contribution in [3.8, 4) is 27.6 Å². The fraction of sp³-hybridized carbons (Fsp3) is 0.172. The molecule has 0 atom stereocenters. The smallest absolute Gasteiger partial charge is 0.230 e. The molecule has 2 aromatic heterocycles. The van der Waals surface area contributed by atoms with E-state index < -0.39 is 0 Å². The van der Waals surface area contributed by atoms with Gasteiger partial charge in [-0.15, -0.1) is 11.3 Å². The number of methoxy groups -OCH3 is 1. The summed E-state index contributed by atoms with van der Waals surface area (Å²) in [5, 5.41) is 3.77. The number of benzene rings is 3. The Labute approximate surface area is 213 Å². The van der Waals surface area contributed by atoms with Crippen LogP contribution in [0, 0.1) is 5.82 Å². The molecule has 3 aromatic carbocycles. The van der Waals surface area contributed by atoms with Crippen LogP contribution in [-0.2, 0) is 0 Å². The normalized spacial score (nSPS) is 11.7. The zero-order valence-corrected chi connectivity index (χ0v) is 21.2. The van der Waals surface area contributed by atoms with Crippen LogP contribution < -0.4 is 15.2 Å².